The van der Waals surface area contributed by atoms with Gasteiger partial charge in [-0.15, -0.1) is 0 Å². The Hall–Kier alpha value is -2.18. The minimum atomic E-state index is -3.57. The number of hydrogen-bond donors (Lipinski definition) is 1. The number of hydrogen-bond acceptors (Lipinski definition) is 4. The lowest BCUT2D eigenvalue weighted by atomic mass is 10.2. The van der Waals surface area contributed by atoms with Crippen LogP contribution >= 0.6 is 0 Å². The van der Waals surface area contributed by atoms with Crippen LogP contribution in [0.15, 0.2) is 53.4 Å². The molecule has 0 aliphatic rings. The molecule has 0 bridgehead atoms. The highest BCUT2D eigenvalue weighted by atomic mass is 32.2. The molecule has 0 heterocycles. The lowest BCUT2D eigenvalue weighted by molar-refractivity contribution is 0.0734. The number of nitrogens with one attached hydrogen (secondary N) is 1. The van der Waals surface area contributed by atoms with Crippen molar-refractivity contribution in [1.29, 1.82) is 0 Å². The Morgan fingerprint density at radius 2 is 1.74 bits per heavy atom. The zero-order valence-corrected chi connectivity index (χ0v) is 14.1. The van der Waals surface area contributed by atoms with E-state index in [9.17, 15) is 13.2 Å². The molecular weight excluding hydrogens is 314 g/mol. The van der Waals surface area contributed by atoms with E-state index in [1.54, 1.807) is 32.0 Å². The van der Waals surface area contributed by atoms with Crippen LogP contribution in [-0.4, -0.2) is 20.4 Å². The van der Waals surface area contributed by atoms with Gasteiger partial charge in [-0.05, 0) is 62.7 Å². The Balaban J connectivity index is 2.14. The topological polar surface area (TPSA) is 72.5 Å². The summed E-state index contributed by atoms with van der Waals surface area (Å²) in [5.41, 5.74) is 1.27. The number of rotatable bonds is 5. The van der Waals surface area contributed by atoms with Crippen molar-refractivity contribution in [3.05, 3.63) is 59.7 Å². The first-order valence-corrected chi connectivity index (χ1v) is 8.67. The molecule has 0 unspecified atom stereocenters. The third-order valence-corrected chi connectivity index (χ3v) is 4.67. The highest BCUT2D eigenvalue weighted by Crippen LogP contribution is 2.16. The van der Waals surface area contributed by atoms with E-state index in [1.165, 1.54) is 24.3 Å². The molecule has 2 aromatic rings. The van der Waals surface area contributed by atoms with Crippen LogP contribution in [0.25, 0.3) is 0 Å². The van der Waals surface area contributed by atoms with Gasteiger partial charge < -0.3 is 4.74 Å². The number of ether oxygens (including phenoxy) is 1. The zero-order valence-electron chi connectivity index (χ0n) is 13.2. The van der Waals surface area contributed by atoms with Gasteiger partial charge in [-0.25, -0.2) is 17.9 Å². The van der Waals surface area contributed by atoms with Crippen LogP contribution in [0.1, 0.15) is 29.8 Å². The van der Waals surface area contributed by atoms with Gasteiger partial charge in [-0.2, -0.15) is 0 Å². The van der Waals surface area contributed by atoms with Crippen LogP contribution < -0.4 is 9.46 Å². The smallest absolute Gasteiger partial charge is 0.343 e. The van der Waals surface area contributed by atoms with Gasteiger partial charge in [0.05, 0.1) is 10.5 Å². The van der Waals surface area contributed by atoms with Gasteiger partial charge in [0.1, 0.15) is 5.75 Å². The molecule has 0 spiro atoms. The SMILES string of the molecule is Cc1cccc(OC(=O)c2ccc(S(=O)(=O)NC(C)C)cc2)c1. The van der Waals surface area contributed by atoms with E-state index < -0.39 is 16.0 Å². The molecule has 2 aromatic carbocycles. The Morgan fingerprint density at radius 3 is 2.30 bits per heavy atom. The molecule has 0 aromatic heterocycles. The summed E-state index contributed by atoms with van der Waals surface area (Å²) in [5.74, 6) is -0.0791. The summed E-state index contributed by atoms with van der Waals surface area (Å²) in [6, 6.07) is 12.6. The largest absolute Gasteiger partial charge is 0.423 e. The summed E-state index contributed by atoms with van der Waals surface area (Å²) < 4.78 is 31.8. The molecule has 2 rings (SSSR count). The first-order chi connectivity index (χ1) is 10.8. The van der Waals surface area contributed by atoms with E-state index >= 15 is 0 Å². The normalized spacial score (nSPS) is 11.5. The number of sulfonamides is 1. The van der Waals surface area contributed by atoms with E-state index in [2.05, 4.69) is 4.72 Å². The lowest BCUT2D eigenvalue weighted by Gasteiger charge is -2.10. The van der Waals surface area contributed by atoms with E-state index in [0.717, 1.165) is 5.56 Å². The van der Waals surface area contributed by atoms with Gasteiger partial charge >= 0.3 is 5.97 Å². The first kappa shape index (κ1) is 17.2. The molecule has 5 nitrogen and oxygen atoms in total. The third-order valence-electron chi connectivity index (χ3n) is 2.99. The van der Waals surface area contributed by atoms with Crippen LogP contribution in [0.2, 0.25) is 0 Å². The molecule has 0 saturated heterocycles. The van der Waals surface area contributed by atoms with E-state index in [4.69, 9.17) is 4.74 Å². The summed E-state index contributed by atoms with van der Waals surface area (Å²) in [6.45, 7) is 5.38. The van der Waals surface area contributed by atoms with Crippen LogP contribution in [0, 0.1) is 6.92 Å². The fourth-order valence-electron chi connectivity index (χ4n) is 1.99. The molecule has 6 heteroatoms. The highest BCUT2D eigenvalue weighted by Gasteiger charge is 2.16. The van der Waals surface area contributed by atoms with Crippen molar-refractivity contribution < 1.29 is 17.9 Å². The summed E-state index contributed by atoms with van der Waals surface area (Å²) in [4.78, 5) is 12.2. The molecule has 1 N–H and O–H groups in total. The van der Waals surface area contributed by atoms with Crippen molar-refractivity contribution in [2.75, 3.05) is 0 Å². The first-order valence-electron chi connectivity index (χ1n) is 7.19. The molecule has 0 amide bonds. The fraction of sp³-hybridized carbons (Fsp3) is 0.235. The maximum Gasteiger partial charge on any atom is 0.343 e. The van der Waals surface area contributed by atoms with Gasteiger partial charge in [-0.1, -0.05) is 12.1 Å². The summed E-state index contributed by atoms with van der Waals surface area (Å²) >= 11 is 0. The van der Waals surface area contributed by atoms with Gasteiger partial charge in [-0.3, -0.25) is 0 Å². The van der Waals surface area contributed by atoms with Crippen LogP contribution in [0.4, 0.5) is 0 Å². The third kappa shape index (κ3) is 4.64. The molecule has 0 atom stereocenters. The molecular formula is C17H19NO4S. The summed E-state index contributed by atoms with van der Waals surface area (Å²) in [5, 5.41) is 0. The second-order valence-electron chi connectivity index (χ2n) is 5.51. The molecule has 0 aliphatic carbocycles. The van der Waals surface area contributed by atoms with Gasteiger partial charge in [0.15, 0.2) is 0 Å². The number of carbonyl (C=O) groups excluding carboxylic acids is 1. The molecule has 0 radical (unpaired) electrons. The average Bonchev–Trinajstić information content (AvgIpc) is 2.46. The molecule has 0 saturated carbocycles. The molecule has 0 fully saturated rings. The average molecular weight is 333 g/mol. The number of esters is 1. The van der Waals surface area contributed by atoms with Crippen molar-refractivity contribution in [3.63, 3.8) is 0 Å². The summed E-state index contributed by atoms with van der Waals surface area (Å²) in [6.07, 6.45) is 0. The number of benzene rings is 2. The Bertz CT molecular complexity index is 796. The van der Waals surface area contributed by atoms with E-state index in [1.807, 2.05) is 13.0 Å². The highest BCUT2D eigenvalue weighted by molar-refractivity contribution is 7.89. The minimum Gasteiger partial charge on any atom is -0.423 e. The van der Waals surface area contributed by atoms with Gasteiger partial charge in [0, 0.05) is 6.04 Å². The van der Waals surface area contributed by atoms with Crippen molar-refractivity contribution in [2.45, 2.75) is 31.7 Å². The molecule has 23 heavy (non-hydrogen) atoms. The Labute approximate surface area is 136 Å². The van der Waals surface area contributed by atoms with Gasteiger partial charge in [0.25, 0.3) is 0 Å². The van der Waals surface area contributed by atoms with Crippen molar-refractivity contribution in [1.82, 2.24) is 4.72 Å². The van der Waals surface area contributed by atoms with Crippen LogP contribution in [-0.2, 0) is 10.0 Å². The van der Waals surface area contributed by atoms with E-state index in [-0.39, 0.29) is 16.5 Å². The van der Waals surface area contributed by atoms with Crippen LogP contribution in [0.5, 0.6) is 5.75 Å². The van der Waals surface area contributed by atoms with Crippen molar-refractivity contribution >= 4 is 16.0 Å². The fourth-order valence-corrected chi connectivity index (χ4v) is 3.24. The zero-order chi connectivity index (χ0) is 17.0. The number of carbonyl (C=O) groups is 1. The molecule has 0 aliphatic heterocycles. The van der Waals surface area contributed by atoms with Crippen LogP contribution in [0.3, 0.4) is 0 Å². The quantitative estimate of drug-likeness (QED) is 0.674. The predicted octanol–water partition coefficient (Wildman–Crippen LogP) is 2.90. The number of aryl methyl sites for hydroxylation is 1. The maximum absolute atomic E-state index is 12.1. The maximum atomic E-state index is 12.1. The van der Waals surface area contributed by atoms with Crippen molar-refractivity contribution in [3.8, 4) is 5.75 Å². The molecule has 122 valence electrons. The second-order valence-corrected chi connectivity index (χ2v) is 7.22. The summed E-state index contributed by atoms with van der Waals surface area (Å²) in [7, 11) is -3.57. The van der Waals surface area contributed by atoms with Crippen molar-refractivity contribution in [2.24, 2.45) is 0 Å². The monoisotopic (exact) mass is 333 g/mol. The standard InChI is InChI=1S/C17H19NO4S/c1-12(2)18-23(20,21)16-9-7-14(8-10-16)17(19)22-15-6-4-5-13(3)11-15/h4-12,18H,1-3H3. The van der Waals surface area contributed by atoms with Gasteiger partial charge in [0.2, 0.25) is 10.0 Å². The second kappa shape index (κ2) is 6.93. The Kier molecular flexibility index (Phi) is 5.18. The Morgan fingerprint density at radius 1 is 1.09 bits per heavy atom. The predicted molar refractivity (Wildman–Crippen MR) is 88.0 cm³/mol. The lowest BCUT2D eigenvalue weighted by Crippen LogP contribution is -2.30. The van der Waals surface area contributed by atoms with E-state index in [0.29, 0.717) is 5.75 Å². The minimum absolute atomic E-state index is 0.110.